The molecular weight excluding hydrogens is 470 g/mol. The second-order valence-corrected chi connectivity index (χ2v) is 9.41. The van der Waals surface area contributed by atoms with Crippen LogP contribution in [0.25, 0.3) is 16.6 Å². The van der Waals surface area contributed by atoms with Crippen molar-refractivity contribution in [3.63, 3.8) is 0 Å². The van der Waals surface area contributed by atoms with Crippen LogP contribution in [0.15, 0.2) is 78.9 Å². The van der Waals surface area contributed by atoms with Gasteiger partial charge in [0.05, 0.1) is 11.3 Å². The number of tetrazole rings is 1. The number of fused-ring (bicyclic) bond motifs is 3. The van der Waals surface area contributed by atoms with Gasteiger partial charge in [-0.15, -0.1) is 16.9 Å². The average Bonchev–Trinajstić information content (AvgIpc) is 3.51. The highest BCUT2D eigenvalue weighted by Crippen LogP contribution is 2.42. The third-order valence-corrected chi connectivity index (χ3v) is 7.25. The first kappa shape index (κ1) is 20.9. The van der Waals surface area contributed by atoms with Gasteiger partial charge in [-0.2, -0.15) is 4.52 Å². The van der Waals surface area contributed by atoms with E-state index in [0.29, 0.717) is 23.0 Å². The molecule has 0 bridgehead atoms. The third-order valence-electron chi connectivity index (χ3n) is 5.78. The molecule has 34 heavy (non-hydrogen) atoms. The lowest BCUT2D eigenvalue weighted by Crippen LogP contribution is -2.27. The van der Waals surface area contributed by atoms with Crippen molar-refractivity contribution in [2.24, 2.45) is 0 Å². The SMILES string of the molecule is O=C1CSC(c2ccc(OCc3cc4ccccc4n4nnnc34)cc2)N1c1ccc(Cl)cc1. The first-order chi connectivity index (χ1) is 16.7. The minimum Gasteiger partial charge on any atom is -0.489 e. The highest BCUT2D eigenvalue weighted by Gasteiger charge is 2.34. The van der Waals surface area contributed by atoms with Gasteiger partial charge in [0.25, 0.3) is 0 Å². The molecule has 3 aromatic carbocycles. The first-order valence-electron chi connectivity index (χ1n) is 10.7. The number of halogens is 1. The van der Waals surface area contributed by atoms with Crippen LogP contribution in [-0.2, 0) is 11.4 Å². The van der Waals surface area contributed by atoms with Crippen molar-refractivity contribution in [2.75, 3.05) is 10.7 Å². The number of nitrogens with zero attached hydrogens (tertiary/aromatic N) is 5. The number of carbonyl (C=O) groups excluding carboxylic acids is 1. The Bertz CT molecular complexity index is 1500. The van der Waals surface area contributed by atoms with Gasteiger partial charge in [0.15, 0.2) is 5.65 Å². The summed E-state index contributed by atoms with van der Waals surface area (Å²) in [5.74, 6) is 1.25. The van der Waals surface area contributed by atoms with E-state index in [-0.39, 0.29) is 11.3 Å². The number of amides is 1. The van der Waals surface area contributed by atoms with Gasteiger partial charge in [-0.05, 0) is 64.5 Å². The van der Waals surface area contributed by atoms with Gasteiger partial charge in [-0.3, -0.25) is 9.69 Å². The highest BCUT2D eigenvalue weighted by molar-refractivity contribution is 8.00. The maximum atomic E-state index is 12.6. The molecule has 1 amide bonds. The molecule has 6 rings (SSSR count). The van der Waals surface area contributed by atoms with Crippen molar-refractivity contribution in [3.05, 3.63) is 95.0 Å². The van der Waals surface area contributed by atoms with Gasteiger partial charge < -0.3 is 4.74 Å². The van der Waals surface area contributed by atoms with Crippen LogP contribution in [0.5, 0.6) is 5.75 Å². The Kier molecular flexibility index (Phi) is 5.31. The number of anilines is 1. The van der Waals surface area contributed by atoms with Crippen molar-refractivity contribution in [1.29, 1.82) is 0 Å². The summed E-state index contributed by atoms with van der Waals surface area (Å²) < 4.78 is 7.80. The topological polar surface area (TPSA) is 72.6 Å². The summed E-state index contributed by atoms with van der Waals surface area (Å²) in [6, 6.07) is 25.2. The fraction of sp³-hybridized carbons (Fsp3) is 0.120. The minimum absolute atomic E-state index is 0.0832. The average molecular weight is 488 g/mol. The molecule has 3 heterocycles. The van der Waals surface area contributed by atoms with Crippen LogP contribution in [0.4, 0.5) is 5.69 Å². The molecule has 1 aliphatic heterocycles. The molecule has 7 nitrogen and oxygen atoms in total. The van der Waals surface area contributed by atoms with E-state index in [4.69, 9.17) is 16.3 Å². The predicted octanol–water partition coefficient (Wildman–Crippen LogP) is 5.29. The predicted molar refractivity (Wildman–Crippen MR) is 133 cm³/mol. The van der Waals surface area contributed by atoms with E-state index in [1.54, 1.807) is 28.4 Å². The van der Waals surface area contributed by atoms with E-state index in [2.05, 4.69) is 21.6 Å². The number of ether oxygens (including phenoxy) is 1. The number of hydrogen-bond acceptors (Lipinski definition) is 6. The lowest BCUT2D eigenvalue weighted by atomic mass is 10.1. The van der Waals surface area contributed by atoms with E-state index in [1.807, 2.05) is 65.6 Å². The van der Waals surface area contributed by atoms with Crippen molar-refractivity contribution in [1.82, 2.24) is 20.0 Å². The fourth-order valence-corrected chi connectivity index (χ4v) is 5.46. The van der Waals surface area contributed by atoms with Gasteiger partial charge in [0.2, 0.25) is 5.91 Å². The Hall–Kier alpha value is -3.62. The molecule has 9 heteroatoms. The van der Waals surface area contributed by atoms with Crippen LogP contribution in [-0.4, -0.2) is 31.7 Å². The molecular formula is C25H18ClN5O2S. The lowest BCUT2D eigenvalue weighted by Gasteiger charge is -2.24. The second kappa shape index (κ2) is 8.62. The largest absolute Gasteiger partial charge is 0.489 e. The molecule has 168 valence electrons. The molecule has 0 radical (unpaired) electrons. The minimum atomic E-state index is -0.0927. The summed E-state index contributed by atoms with van der Waals surface area (Å²) in [5.41, 5.74) is 4.40. The second-order valence-electron chi connectivity index (χ2n) is 7.90. The molecule has 1 atom stereocenters. The number of rotatable bonds is 5. The zero-order valence-corrected chi connectivity index (χ0v) is 19.4. The molecule has 0 saturated carbocycles. The van der Waals surface area contributed by atoms with E-state index >= 15 is 0 Å². The molecule has 1 aliphatic rings. The Morgan fingerprint density at radius 1 is 1.03 bits per heavy atom. The monoisotopic (exact) mass is 487 g/mol. The van der Waals surface area contributed by atoms with Gasteiger partial charge in [-0.1, -0.05) is 41.9 Å². The van der Waals surface area contributed by atoms with Crippen molar-refractivity contribution in [3.8, 4) is 5.75 Å². The smallest absolute Gasteiger partial charge is 0.238 e. The summed E-state index contributed by atoms with van der Waals surface area (Å²) in [5, 5.41) is 13.7. The molecule has 1 saturated heterocycles. The van der Waals surface area contributed by atoms with Crippen molar-refractivity contribution >= 4 is 51.5 Å². The Balaban J connectivity index is 1.22. The molecule has 2 aromatic heterocycles. The zero-order chi connectivity index (χ0) is 23.1. The highest BCUT2D eigenvalue weighted by atomic mass is 35.5. The Morgan fingerprint density at radius 2 is 1.82 bits per heavy atom. The molecule has 5 aromatic rings. The molecule has 0 aliphatic carbocycles. The van der Waals surface area contributed by atoms with Gasteiger partial charge in [0, 0.05) is 21.7 Å². The summed E-state index contributed by atoms with van der Waals surface area (Å²) in [6.45, 7) is 0.335. The van der Waals surface area contributed by atoms with Gasteiger partial charge in [-0.25, -0.2) is 0 Å². The molecule has 0 N–H and O–H groups in total. The zero-order valence-electron chi connectivity index (χ0n) is 17.8. The third kappa shape index (κ3) is 3.74. The van der Waals surface area contributed by atoms with Crippen LogP contribution in [0.1, 0.15) is 16.5 Å². The van der Waals surface area contributed by atoms with Crippen LogP contribution in [0.2, 0.25) is 5.02 Å². The summed E-state index contributed by atoms with van der Waals surface area (Å²) >= 11 is 7.63. The number of benzene rings is 3. The summed E-state index contributed by atoms with van der Waals surface area (Å²) in [7, 11) is 0. The van der Waals surface area contributed by atoms with Gasteiger partial charge >= 0.3 is 0 Å². The number of thioether (sulfide) groups is 1. The first-order valence-corrected chi connectivity index (χ1v) is 12.1. The fourth-order valence-electron chi connectivity index (χ4n) is 4.15. The number of hydrogen-bond donors (Lipinski definition) is 0. The molecule has 0 spiro atoms. The molecule has 1 fully saturated rings. The van der Waals surface area contributed by atoms with E-state index in [9.17, 15) is 4.79 Å². The van der Waals surface area contributed by atoms with Crippen LogP contribution < -0.4 is 9.64 Å². The number of para-hydroxylation sites is 1. The number of carbonyl (C=O) groups is 1. The summed E-state index contributed by atoms with van der Waals surface area (Å²) in [4.78, 5) is 14.4. The standard InChI is InChI=1S/C25H18ClN5O2S/c26-19-7-9-20(10-8-19)30-23(32)15-34-25(30)16-5-11-21(12-6-16)33-14-18-13-17-3-1-2-4-22(17)31-24(18)27-28-29-31/h1-13,25H,14-15H2. The van der Waals surface area contributed by atoms with Crippen LogP contribution >= 0.6 is 23.4 Å². The van der Waals surface area contributed by atoms with E-state index < -0.39 is 0 Å². The lowest BCUT2D eigenvalue weighted by molar-refractivity contribution is -0.115. The normalized spacial score (nSPS) is 16.0. The summed E-state index contributed by atoms with van der Waals surface area (Å²) in [6.07, 6.45) is 0. The van der Waals surface area contributed by atoms with E-state index in [1.165, 1.54) is 0 Å². The quantitative estimate of drug-likeness (QED) is 0.335. The maximum absolute atomic E-state index is 12.6. The van der Waals surface area contributed by atoms with Crippen molar-refractivity contribution in [2.45, 2.75) is 12.0 Å². The molecule has 1 unspecified atom stereocenters. The maximum Gasteiger partial charge on any atom is 0.238 e. The Morgan fingerprint density at radius 3 is 2.65 bits per heavy atom. The number of pyridine rings is 1. The number of aromatic nitrogens is 4. The van der Waals surface area contributed by atoms with Crippen molar-refractivity contribution < 1.29 is 9.53 Å². The Labute approximate surface area is 204 Å². The van der Waals surface area contributed by atoms with E-state index in [0.717, 1.165) is 33.5 Å². The van der Waals surface area contributed by atoms with Crippen LogP contribution in [0.3, 0.4) is 0 Å². The van der Waals surface area contributed by atoms with Crippen LogP contribution in [0, 0.1) is 0 Å². The van der Waals surface area contributed by atoms with Gasteiger partial charge in [0.1, 0.15) is 17.7 Å².